The van der Waals surface area contributed by atoms with Crippen molar-refractivity contribution in [2.45, 2.75) is 50.4 Å². The third kappa shape index (κ3) is 4.72. The van der Waals surface area contributed by atoms with Crippen molar-refractivity contribution in [3.05, 3.63) is 204 Å². The van der Waals surface area contributed by atoms with Crippen molar-refractivity contribution in [3.8, 4) is 39.1 Å². The van der Waals surface area contributed by atoms with Gasteiger partial charge in [0.05, 0.1) is 11.0 Å². The van der Waals surface area contributed by atoms with Crippen LogP contribution in [-0.2, 0) is 10.8 Å². The SMILES string of the molecule is CC1(C)c2cc(N(c3ccccc3)c3ccc(-c4ccc5c(c4)C4(CCCC4)c4ccccc4-5)cc3)ccc2-c2ccc(-n3c4ccccc4c4ccccc43)cc21. The Morgan fingerprint density at radius 3 is 1.69 bits per heavy atom. The van der Waals surface area contributed by atoms with E-state index in [1.165, 1.54) is 114 Å². The summed E-state index contributed by atoms with van der Waals surface area (Å²) >= 11 is 0. The number of rotatable bonds is 5. The Balaban J connectivity index is 0.921. The van der Waals surface area contributed by atoms with E-state index in [1.54, 1.807) is 0 Å². The van der Waals surface area contributed by atoms with Gasteiger partial charge in [-0.1, -0.05) is 142 Å². The first-order valence-electron chi connectivity index (χ1n) is 21.0. The number of hydrogen-bond acceptors (Lipinski definition) is 1. The normalized spacial score (nSPS) is 15.4. The van der Waals surface area contributed by atoms with Gasteiger partial charge in [0, 0.05) is 44.4 Å². The molecule has 58 heavy (non-hydrogen) atoms. The first kappa shape index (κ1) is 33.5. The molecule has 0 radical (unpaired) electrons. The molecule has 0 bridgehead atoms. The molecule has 8 aromatic carbocycles. The lowest BCUT2D eigenvalue weighted by molar-refractivity contribution is 0.550. The van der Waals surface area contributed by atoms with E-state index in [9.17, 15) is 0 Å². The summed E-state index contributed by atoms with van der Waals surface area (Å²) in [5.41, 5.74) is 21.0. The summed E-state index contributed by atoms with van der Waals surface area (Å²) in [6.07, 6.45) is 5.10. The van der Waals surface area contributed by atoms with Crippen molar-refractivity contribution in [2.24, 2.45) is 0 Å². The van der Waals surface area contributed by atoms with Crippen LogP contribution in [0.15, 0.2) is 182 Å². The Labute approximate surface area is 340 Å². The third-order valence-corrected chi connectivity index (χ3v) is 13.9. The second kappa shape index (κ2) is 12.4. The zero-order valence-corrected chi connectivity index (χ0v) is 33.0. The molecule has 3 aliphatic rings. The number of fused-ring (bicyclic) bond motifs is 11. The molecule has 3 aliphatic carbocycles. The Hall–Kier alpha value is -6.64. The van der Waals surface area contributed by atoms with Gasteiger partial charge in [0.25, 0.3) is 0 Å². The van der Waals surface area contributed by atoms with Crippen molar-refractivity contribution in [1.29, 1.82) is 0 Å². The quantitative estimate of drug-likeness (QED) is 0.170. The lowest BCUT2D eigenvalue weighted by atomic mass is 9.76. The van der Waals surface area contributed by atoms with E-state index in [0.717, 1.165) is 11.4 Å². The van der Waals surface area contributed by atoms with Gasteiger partial charge in [-0.2, -0.15) is 0 Å². The standard InChI is InChI=1S/C56H44N2/c1-55(2)50-35-41(27-30-44(50)45-31-28-42(36-51(45)55)58-53-20-10-7-17-47(53)48-18-8-11-21-54(48)58)57(39-14-4-3-5-15-39)40-25-22-37(23-26-40)38-24-29-46-43-16-6-9-19-49(43)56(52(46)34-38)32-12-13-33-56/h3-11,14-31,34-36H,12-13,32-33H2,1-2H3. The molecule has 0 saturated heterocycles. The molecule has 0 unspecified atom stereocenters. The van der Waals surface area contributed by atoms with Gasteiger partial charge in [0.1, 0.15) is 0 Å². The molecule has 12 rings (SSSR count). The van der Waals surface area contributed by atoms with Gasteiger partial charge in [0.2, 0.25) is 0 Å². The predicted molar refractivity (Wildman–Crippen MR) is 243 cm³/mol. The lowest BCUT2D eigenvalue weighted by Gasteiger charge is -2.28. The van der Waals surface area contributed by atoms with Crippen LogP contribution in [0.25, 0.3) is 60.9 Å². The largest absolute Gasteiger partial charge is 0.310 e. The van der Waals surface area contributed by atoms with Gasteiger partial charge in [-0.05, 0) is 135 Å². The second-order valence-electron chi connectivity index (χ2n) is 17.3. The molecule has 2 nitrogen and oxygen atoms in total. The maximum absolute atomic E-state index is 2.51. The second-order valence-corrected chi connectivity index (χ2v) is 17.3. The molecule has 0 N–H and O–H groups in total. The molecular weight excluding hydrogens is 701 g/mol. The van der Waals surface area contributed by atoms with Crippen LogP contribution in [0.4, 0.5) is 17.1 Å². The molecule has 0 aliphatic heterocycles. The topological polar surface area (TPSA) is 8.17 Å². The van der Waals surface area contributed by atoms with E-state index in [0.29, 0.717) is 0 Å². The summed E-state index contributed by atoms with van der Waals surface area (Å²) in [5.74, 6) is 0. The molecule has 1 spiro atoms. The highest BCUT2D eigenvalue weighted by molar-refractivity contribution is 6.09. The summed E-state index contributed by atoms with van der Waals surface area (Å²) in [4.78, 5) is 2.42. The van der Waals surface area contributed by atoms with Crippen molar-refractivity contribution >= 4 is 38.9 Å². The van der Waals surface area contributed by atoms with E-state index in [1.807, 2.05) is 0 Å². The van der Waals surface area contributed by atoms with E-state index in [4.69, 9.17) is 0 Å². The summed E-state index contributed by atoms with van der Waals surface area (Å²) in [7, 11) is 0. The van der Waals surface area contributed by atoms with E-state index >= 15 is 0 Å². The average molecular weight is 745 g/mol. The van der Waals surface area contributed by atoms with Crippen LogP contribution in [0, 0.1) is 0 Å². The van der Waals surface area contributed by atoms with Crippen LogP contribution in [0.3, 0.4) is 0 Å². The number of anilines is 3. The number of para-hydroxylation sites is 3. The summed E-state index contributed by atoms with van der Waals surface area (Å²) in [5, 5.41) is 2.58. The molecule has 278 valence electrons. The molecule has 1 saturated carbocycles. The maximum Gasteiger partial charge on any atom is 0.0541 e. The van der Waals surface area contributed by atoms with Crippen molar-refractivity contribution in [2.75, 3.05) is 4.90 Å². The fourth-order valence-corrected chi connectivity index (χ4v) is 11.2. The Kier molecular flexibility index (Phi) is 7.18. The molecule has 9 aromatic rings. The minimum atomic E-state index is -0.189. The zero-order valence-electron chi connectivity index (χ0n) is 33.0. The summed E-state index contributed by atoms with van der Waals surface area (Å²) in [6.45, 7) is 4.78. The average Bonchev–Trinajstić information content (AvgIpc) is 4.02. The number of aromatic nitrogens is 1. The monoisotopic (exact) mass is 744 g/mol. The van der Waals surface area contributed by atoms with Gasteiger partial charge < -0.3 is 9.47 Å². The Bertz CT molecular complexity index is 3030. The van der Waals surface area contributed by atoms with Crippen LogP contribution in [0.2, 0.25) is 0 Å². The fourth-order valence-electron chi connectivity index (χ4n) is 11.2. The Morgan fingerprint density at radius 1 is 0.414 bits per heavy atom. The fraction of sp³-hybridized carbons (Fsp3) is 0.143. The van der Waals surface area contributed by atoms with Gasteiger partial charge in [-0.15, -0.1) is 0 Å². The first-order valence-corrected chi connectivity index (χ1v) is 21.0. The summed E-state index contributed by atoms with van der Waals surface area (Å²) in [6, 6.07) is 68.2. The van der Waals surface area contributed by atoms with Gasteiger partial charge in [-0.25, -0.2) is 0 Å². The lowest BCUT2D eigenvalue weighted by Crippen LogP contribution is -2.20. The predicted octanol–water partition coefficient (Wildman–Crippen LogP) is 15.1. The molecule has 1 aromatic heterocycles. The van der Waals surface area contributed by atoms with Gasteiger partial charge in [-0.3, -0.25) is 0 Å². The van der Waals surface area contributed by atoms with Crippen LogP contribution < -0.4 is 4.90 Å². The minimum Gasteiger partial charge on any atom is -0.310 e. The number of hydrogen-bond donors (Lipinski definition) is 0. The molecule has 0 amide bonds. The molecule has 0 atom stereocenters. The van der Waals surface area contributed by atoms with Gasteiger partial charge >= 0.3 is 0 Å². The van der Waals surface area contributed by atoms with E-state index in [-0.39, 0.29) is 10.8 Å². The van der Waals surface area contributed by atoms with E-state index < -0.39 is 0 Å². The minimum absolute atomic E-state index is 0.166. The highest BCUT2D eigenvalue weighted by Gasteiger charge is 2.45. The number of nitrogens with zero attached hydrogens (tertiary/aromatic N) is 2. The van der Waals surface area contributed by atoms with Crippen LogP contribution >= 0.6 is 0 Å². The smallest absolute Gasteiger partial charge is 0.0541 e. The Morgan fingerprint density at radius 2 is 0.948 bits per heavy atom. The van der Waals surface area contributed by atoms with Crippen LogP contribution in [-0.4, -0.2) is 4.57 Å². The van der Waals surface area contributed by atoms with Gasteiger partial charge in [0.15, 0.2) is 0 Å². The molecule has 1 fully saturated rings. The van der Waals surface area contributed by atoms with Crippen LogP contribution in [0.1, 0.15) is 61.8 Å². The third-order valence-electron chi connectivity index (χ3n) is 13.9. The molecular formula is C56H44N2. The van der Waals surface area contributed by atoms with Crippen molar-refractivity contribution < 1.29 is 0 Å². The zero-order chi connectivity index (χ0) is 38.6. The van der Waals surface area contributed by atoms with E-state index in [2.05, 4.69) is 205 Å². The molecule has 2 heteroatoms. The van der Waals surface area contributed by atoms with Crippen molar-refractivity contribution in [1.82, 2.24) is 4.57 Å². The highest BCUT2D eigenvalue weighted by Crippen LogP contribution is 2.57. The highest BCUT2D eigenvalue weighted by atomic mass is 15.1. The van der Waals surface area contributed by atoms with Crippen LogP contribution in [0.5, 0.6) is 0 Å². The first-order chi connectivity index (χ1) is 28.5. The summed E-state index contributed by atoms with van der Waals surface area (Å²) < 4.78 is 2.44. The maximum atomic E-state index is 2.51. The number of benzene rings is 8. The molecule has 1 heterocycles. The van der Waals surface area contributed by atoms with Crippen molar-refractivity contribution in [3.63, 3.8) is 0 Å².